The second-order valence-electron chi connectivity index (χ2n) is 11.5. The molecule has 1 heterocycles. The number of nitrogens with one attached hydrogen (secondary N) is 3. The van der Waals surface area contributed by atoms with Gasteiger partial charge in [-0.3, -0.25) is 20.4 Å². The van der Waals surface area contributed by atoms with E-state index in [0.717, 1.165) is 30.6 Å². The van der Waals surface area contributed by atoms with E-state index in [4.69, 9.17) is 43.1 Å². The molecule has 0 bridgehead atoms. The number of anilines is 2. The quantitative estimate of drug-likeness (QED) is 0.0400. The number of aryl methyl sites for hydroxylation is 1. The number of hydrogen-bond donors (Lipinski definition) is 10. The van der Waals surface area contributed by atoms with Crippen LogP contribution in [0, 0.1) is 5.41 Å². The molecular weight excluding hydrogens is 672 g/mol. The van der Waals surface area contributed by atoms with Gasteiger partial charge in [-0.15, -0.1) is 0 Å². The maximum atomic E-state index is 12.3. The topological polar surface area (TPSA) is 266 Å². The standard InChI is InChI=1S/C33H47ClN8O8/c34-29-31(36)40-30(35)26(39-29)32(48)41-33(37)38-14-5-4-7-21-10-12-23(13-11-21)50-18-16-42(15-6-17-49-22-8-2-1-3-9-22)19-24(44)27(46)28(47)25(45)20-43/h1-3,8-13,24-25,27-28,43-47H,4-7,14-20H2,(H4,35,36,40)(H3,37,38,41,48). The normalized spacial score (nSPS) is 13.7. The first-order valence-electron chi connectivity index (χ1n) is 16.2. The Morgan fingerprint density at radius 3 is 2.22 bits per heavy atom. The average Bonchev–Trinajstić information content (AvgIpc) is 3.11. The zero-order chi connectivity index (χ0) is 36.5. The van der Waals surface area contributed by atoms with E-state index in [9.17, 15) is 25.2 Å². The van der Waals surface area contributed by atoms with Crippen molar-refractivity contribution in [2.45, 2.75) is 50.1 Å². The van der Waals surface area contributed by atoms with Gasteiger partial charge >= 0.3 is 0 Å². The number of nitrogens with two attached hydrogens (primary N) is 2. The maximum Gasteiger partial charge on any atom is 0.280 e. The highest BCUT2D eigenvalue weighted by Gasteiger charge is 2.31. The Morgan fingerprint density at radius 2 is 1.52 bits per heavy atom. The molecule has 16 nitrogen and oxygen atoms in total. The van der Waals surface area contributed by atoms with Crippen molar-refractivity contribution in [3.05, 3.63) is 71.0 Å². The maximum absolute atomic E-state index is 12.3. The van der Waals surface area contributed by atoms with Gasteiger partial charge in [0.25, 0.3) is 5.91 Å². The van der Waals surface area contributed by atoms with Crippen LogP contribution >= 0.6 is 11.6 Å². The number of hydrogen-bond acceptors (Lipinski definition) is 14. The number of aromatic nitrogens is 2. The summed E-state index contributed by atoms with van der Waals surface area (Å²) in [6, 6.07) is 17.0. The number of halogens is 1. The number of benzene rings is 2. The fourth-order valence-corrected chi connectivity index (χ4v) is 4.89. The van der Waals surface area contributed by atoms with Gasteiger partial charge in [0, 0.05) is 26.2 Å². The Bertz CT molecular complexity index is 1470. The largest absolute Gasteiger partial charge is 0.494 e. The van der Waals surface area contributed by atoms with E-state index < -0.39 is 36.9 Å². The van der Waals surface area contributed by atoms with Crippen molar-refractivity contribution in [2.75, 3.05) is 57.5 Å². The molecule has 50 heavy (non-hydrogen) atoms. The monoisotopic (exact) mass is 718 g/mol. The third-order valence-electron chi connectivity index (χ3n) is 7.55. The van der Waals surface area contributed by atoms with Crippen molar-refractivity contribution < 1.29 is 39.8 Å². The molecule has 0 spiro atoms. The summed E-state index contributed by atoms with van der Waals surface area (Å²) in [6.45, 7) is 1.29. The van der Waals surface area contributed by atoms with Crippen LogP contribution in [0.4, 0.5) is 11.6 Å². The molecule has 0 saturated carbocycles. The Kier molecular flexibility index (Phi) is 16.9. The predicted molar refractivity (Wildman–Crippen MR) is 188 cm³/mol. The number of unbranched alkanes of at least 4 members (excludes halogenated alkanes) is 1. The minimum Gasteiger partial charge on any atom is -0.494 e. The first-order chi connectivity index (χ1) is 24.0. The molecule has 3 rings (SSSR count). The summed E-state index contributed by atoms with van der Waals surface area (Å²) >= 11 is 5.81. The fraction of sp³-hybridized carbons (Fsp3) is 0.455. The number of nitrogens with zero attached hydrogens (tertiary/aromatic N) is 3. The first kappa shape index (κ1) is 40.1. The van der Waals surface area contributed by atoms with Crippen LogP contribution in [0.15, 0.2) is 54.6 Å². The van der Waals surface area contributed by atoms with Crippen LogP contribution in [-0.2, 0) is 6.42 Å². The average molecular weight is 719 g/mol. The minimum atomic E-state index is -1.71. The molecule has 2 aromatic carbocycles. The molecule has 0 aliphatic rings. The van der Waals surface area contributed by atoms with Crippen molar-refractivity contribution in [2.24, 2.45) is 0 Å². The summed E-state index contributed by atoms with van der Waals surface area (Å²) in [6.07, 6.45) is -3.38. The Morgan fingerprint density at radius 1 is 0.860 bits per heavy atom. The summed E-state index contributed by atoms with van der Waals surface area (Å²) in [4.78, 5) is 21.8. The number of amides is 1. The molecule has 4 unspecified atom stereocenters. The molecule has 1 amide bonds. The second-order valence-corrected chi connectivity index (χ2v) is 11.8. The number of ether oxygens (including phenoxy) is 2. The van der Waals surface area contributed by atoms with Crippen LogP contribution in [0.3, 0.4) is 0 Å². The Balaban J connectivity index is 1.39. The highest BCUT2D eigenvalue weighted by molar-refractivity contribution is 6.31. The first-order valence-corrected chi connectivity index (χ1v) is 16.5. The fourth-order valence-electron chi connectivity index (χ4n) is 4.76. The summed E-state index contributed by atoms with van der Waals surface area (Å²) in [5.41, 5.74) is 12.1. The van der Waals surface area contributed by atoms with E-state index in [1.54, 1.807) is 0 Å². The van der Waals surface area contributed by atoms with E-state index >= 15 is 0 Å². The molecule has 3 aromatic rings. The van der Waals surface area contributed by atoms with Crippen molar-refractivity contribution in [3.63, 3.8) is 0 Å². The van der Waals surface area contributed by atoms with Crippen LogP contribution in [-0.4, -0.2) is 123 Å². The molecule has 0 radical (unpaired) electrons. The number of carbonyl (C=O) groups is 1. The van der Waals surface area contributed by atoms with Crippen LogP contribution in [0.1, 0.15) is 35.3 Å². The van der Waals surface area contributed by atoms with Gasteiger partial charge in [0.2, 0.25) is 0 Å². The molecule has 12 N–H and O–H groups in total. The molecule has 0 fully saturated rings. The smallest absolute Gasteiger partial charge is 0.280 e. The second kappa shape index (κ2) is 21.0. The molecule has 17 heteroatoms. The van der Waals surface area contributed by atoms with Gasteiger partial charge in [0.05, 0.1) is 19.3 Å². The number of aliphatic hydroxyl groups excluding tert-OH is 5. The number of nitrogen functional groups attached to an aromatic ring is 2. The number of para-hydroxylation sites is 1. The van der Waals surface area contributed by atoms with Gasteiger partial charge in [-0.2, -0.15) is 0 Å². The summed E-state index contributed by atoms with van der Waals surface area (Å²) in [5.74, 6) is 0.161. The molecule has 0 saturated heterocycles. The summed E-state index contributed by atoms with van der Waals surface area (Å²) < 4.78 is 11.7. The summed E-state index contributed by atoms with van der Waals surface area (Å²) in [7, 11) is 0. The lowest BCUT2D eigenvalue weighted by Crippen LogP contribution is -2.50. The molecule has 4 atom stereocenters. The van der Waals surface area contributed by atoms with E-state index in [2.05, 4.69) is 20.6 Å². The predicted octanol–water partition coefficient (Wildman–Crippen LogP) is 0.157. The van der Waals surface area contributed by atoms with Crippen molar-refractivity contribution in [1.29, 1.82) is 5.41 Å². The van der Waals surface area contributed by atoms with E-state index in [1.165, 1.54) is 0 Å². The van der Waals surface area contributed by atoms with Crippen molar-refractivity contribution in [3.8, 4) is 11.5 Å². The lowest BCUT2D eigenvalue weighted by atomic mass is 10.0. The van der Waals surface area contributed by atoms with Gasteiger partial charge in [0.1, 0.15) is 36.4 Å². The molecular formula is C33H47ClN8O8. The van der Waals surface area contributed by atoms with E-state index in [0.29, 0.717) is 38.4 Å². The highest BCUT2D eigenvalue weighted by Crippen LogP contribution is 2.18. The van der Waals surface area contributed by atoms with Crippen LogP contribution in [0.5, 0.6) is 11.5 Å². The summed E-state index contributed by atoms with van der Waals surface area (Å²) in [5, 5.41) is 62.6. The van der Waals surface area contributed by atoms with Gasteiger partial charge in [-0.05, 0) is 55.5 Å². The minimum absolute atomic E-state index is 0.00845. The number of guanidine groups is 1. The molecule has 0 aliphatic heterocycles. The van der Waals surface area contributed by atoms with E-state index in [-0.39, 0.29) is 41.6 Å². The van der Waals surface area contributed by atoms with Crippen molar-refractivity contribution >= 4 is 35.1 Å². The lowest BCUT2D eigenvalue weighted by Gasteiger charge is -2.30. The zero-order valence-corrected chi connectivity index (χ0v) is 28.4. The van der Waals surface area contributed by atoms with Crippen LogP contribution in [0.2, 0.25) is 5.15 Å². The lowest BCUT2D eigenvalue weighted by molar-refractivity contribution is -0.119. The molecule has 0 aliphatic carbocycles. The Hall–Kier alpha value is -4.29. The van der Waals surface area contributed by atoms with Gasteiger partial charge in [-0.25, -0.2) is 9.97 Å². The van der Waals surface area contributed by atoms with E-state index in [1.807, 2.05) is 59.5 Å². The number of carbonyl (C=O) groups excluding carboxylic acids is 1. The molecule has 1 aromatic heterocycles. The number of rotatable bonds is 21. The highest BCUT2D eigenvalue weighted by atomic mass is 35.5. The third kappa shape index (κ3) is 13.5. The van der Waals surface area contributed by atoms with Crippen LogP contribution < -0.4 is 31.6 Å². The number of aliphatic hydroxyl groups is 5. The van der Waals surface area contributed by atoms with Crippen molar-refractivity contribution in [1.82, 2.24) is 25.5 Å². The third-order valence-corrected chi connectivity index (χ3v) is 7.83. The Labute approximate surface area is 295 Å². The molecule has 274 valence electrons. The van der Waals surface area contributed by atoms with Crippen LogP contribution in [0.25, 0.3) is 0 Å². The van der Waals surface area contributed by atoms with Gasteiger partial charge < -0.3 is 51.8 Å². The van der Waals surface area contributed by atoms with Gasteiger partial charge in [-0.1, -0.05) is 41.9 Å². The van der Waals surface area contributed by atoms with Gasteiger partial charge in [0.15, 0.2) is 28.4 Å². The SMILES string of the molecule is N=C(NCCCCc1ccc(OCCN(CCCOc2ccccc2)CC(O)C(O)C(O)C(O)CO)cc1)NC(=O)c1nc(Cl)c(N)nc1N. The zero-order valence-electron chi connectivity index (χ0n) is 27.6.